The monoisotopic (exact) mass is 298 g/mol. The fraction of sp³-hybridized carbons (Fsp3) is 0.867. The SMILES string of the molecule is CC1CCCC(NC(=O)NCC2CCC(C(=O)O)O2)CC1. The number of aliphatic carboxylic acids is 1. The van der Waals surface area contributed by atoms with Crippen LogP contribution in [-0.4, -0.2) is 41.9 Å². The summed E-state index contributed by atoms with van der Waals surface area (Å²) >= 11 is 0. The molecule has 1 aliphatic heterocycles. The summed E-state index contributed by atoms with van der Waals surface area (Å²) in [7, 11) is 0. The molecular weight excluding hydrogens is 272 g/mol. The molecule has 3 N–H and O–H groups in total. The number of rotatable bonds is 4. The number of carboxylic acids is 1. The first kappa shape index (κ1) is 16.1. The van der Waals surface area contributed by atoms with Crippen LogP contribution in [0.4, 0.5) is 4.79 Å². The summed E-state index contributed by atoms with van der Waals surface area (Å²) < 4.78 is 5.36. The minimum atomic E-state index is -0.922. The Balaban J connectivity index is 1.65. The summed E-state index contributed by atoms with van der Waals surface area (Å²) in [5, 5.41) is 14.7. The maximum absolute atomic E-state index is 11.9. The summed E-state index contributed by atoms with van der Waals surface area (Å²) in [6, 6.07) is 0.0862. The molecule has 0 aromatic heterocycles. The van der Waals surface area contributed by atoms with Gasteiger partial charge in [0.2, 0.25) is 0 Å². The van der Waals surface area contributed by atoms with Crippen molar-refractivity contribution in [3.8, 4) is 0 Å². The Morgan fingerprint density at radius 1 is 1.14 bits per heavy atom. The lowest BCUT2D eigenvalue weighted by atomic mass is 10.0. The van der Waals surface area contributed by atoms with Crippen LogP contribution in [0.15, 0.2) is 0 Å². The number of hydrogen-bond donors (Lipinski definition) is 3. The molecule has 4 unspecified atom stereocenters. The Bertz CT molecular complexity index is 375. The molecule has 0 bridgehead atoms. The molecule has 1 heterocycles. The van der Waals surface area contributed by atoms with E-state index >= 15 is 0 Å². The van der Waals surface area contributed by atoms with Crippen LogP contribution in [-0.2, 0) is 9.53 Å². The molecule has 21 heavy (non-hydrogen) atoms. The molecule has 1 aliphatic carbocycles. The van der Waals surface area contributed by atoms with Gasteiger partial charge in [-0.2, -0.15) is 0 Å². The number of hydrogen-bond acceptors (Lipinski definition) is 3. The number of nitrogens with one attached hydrogen (secondary N) is 2. The highest BCUT2D eigenvalue weighted by atomic mass is 16.5. The smallest absolute Gasteiger partial charge is 0.332 e. The van der Waals surface area contributed by atoms with Gasteiger partial charge in [-0.25, -0.2) is 9.59 Å². The average molecular weight is 298 g/mol. The second-order valence-electron chi connectivity index (χ2n) is 6.33. The predicted molar refractivity (Wildman–Crippen MR) is 78.1 cm³/mol. The maximum atomic E-state index is 11.9. The second-order valence-corrected chi connectivity index (χ2v) is 6.33. The van der Waals surface area contributed by atoms with Crippen molar-refractivity contribution in [2.45, 2.75) is 70.1 Å². The van der Waals surface area contributed by atoms with Crippen molar-refractivity contribution < 1.29 is 19.4 Å². The Labute approximate surface area is 125 Å². The molecular formula is C15H26N2O4. The fourth-order valence-electron chi connectivity index (χ4n) is 3.11. The van der Waals surface area contributed by atoms with Gasteiger partial charge in [0.25, 0.3) is 0 Å². The van der Waals surface area contributed by atoms with Crippen molar-refractivity contribution in [1.82, 2.24) is 10.6 Å². The normalized spacial score (nSPS) is 33.2. The molecule has 2 aliphatic rings. The van der Waals surface area contributed by atoms with Crippen LogP contribution in [0.2, 0.25) is 0 Å². The molecule has 0 aromatic rings. The van der Waals surface area contributed by atoms with Gasteiger partial charge in [-0.15, -0.1) is 0 Å². The van der Waals surface area contributed by atoms with Crippen molar-refractivity contribution >= 4 is 12.0 Å². The third-order valence-electron chi connectivity index (χ3n) is 4.47. The largest absolute Gasteiger partial charge is 0.479 e. The van der Waals surface area contributed by atoms with E-state index in [9.17, 15) is 9.59 Å². The van der Waals surface area contributed by atoms with E-state index in [0.717, 1.165) is 31.6 Å². The lowest BCUT2D eigenvalue weighted by Gasteiger charge is -2.18. The van der Waals surface area contributed by atoms with Crippen molar-refractivity contribution in [2.24, 2.45) is 5.92 Å². The van der Waals surface area contributed by atoms with E-state index in [1.54, 1.807) is 0 Å². The minimum absolute atomic E-state index is 0.170. The van der Waals surface area contributed by atoms with Gasteiger partial charge < -0.3 is 20.5 Å². The molecule has 2 amide bonds. The van der Waals surface area contributed by atoms with Gasteiger partial charge in [-0.3, -0.25) is 0 Å². The molecule has 2 rings (SSSR count). The lowest BCUT2D eigenvalue weighted by Crippen LogP contribution is -2.44. The standard InChI is InChI=1S/C15H26N2O4/c1-10-3-2-4-11(6-5-10)17-15(20)16-9-12-7-8-13(21-12)14(18)19/h10-13H,2-9H2,1H3,(H,18,19)(H2,16,17,20). The number of ether oxygens (including phenoxy) is 1. The highest BCUT2D eigenvalue weighted by Crippen LogP contribution is 2.22. The van der Waals surface area contributed by atoms with E-state index in [2.05, 4.69) is 17.6 Å². The van der Waals surface area contributed by atoms with Crippen molar-refractivity contribution in [3.63, 3.8) is 0 Å². The first-order valence-corrected chi connectivity index (χ1v) is 7.97. The number of carbonyl (C=O) groups excluding carboxylic acids is 1. The average Bonchev–Trinajstić information content (AvgIpc) is 2.83. The van der Waals surface area contributed by atoms with Crippen LogP contribution in [0.3, 0.4) is 0 Å². The van der Waals surface area contributed by atoms with Crippen LogP contribution in [0.5, 0.6) is 0 Å². The highest BCUT2D eigenvalue weighted by molar-refractivity contribution is 5.74. The van der Waals surface area contributed by atoms with E-state index in [1.807, 2.05) is 0 Å². The van der Waals surface area contributed by atoms with Gasteiger partial charge in [0, 0.05) is 12.6 Å². The Morgan fingerprint density at radius 2 is 1.95 bits per heavy atom. The molecule has 6 heteroatoms. The van der Waals surface area contributed by atoms with Gasteiger partial charge in [-0.05, 0) is 38.0 Å². The van der Waals surface area contributed by atoms with Gasteiger partial charge >= 0.3 is 12.0 Å². The zero-order chi connectivity index (χ0) is 15.2. The molecule has 0 aromatic carbocycles. The Hall–Kier alpha value is -1.30. The molecule has 1 saturated carbocycles. The van der Waals surface area contributed by atoms with Gasteiger partial charge in [0.15, 0.2) is 6.10 Å². The number of carboxylic acid groups (broad SMARTS) is 1. The van der Waals surface area contributed by atoms with E-state index in [0.29, 0.717) is 19.4 Å². The molecule has 1 saturated heterocycles. The zero-order valence-electron chi connectivity index (χ0n) is 12.6. The summed E-state index contributed by atoms with van der Waals surface area (Å²) in [6.07, 6.45) is 5.94. The summed E-state index contributed by atoms with van der Waals surface area (Å²) in [6.45, 7) is 2.64. The lowest BCUT2D eigenvalue weighted by molar-refractivity contribution is -0.149. The molecule has 0 spiro atoms. The summed E-state index contributed by atoms with van der Waals surface area (Å²) in [5.41, 5.74) is 0. The zero-order valence-corrected chi connectivity index (χ0v) is 12.6. The third-order valence-corrected chi connectivity index (χ3v) is 4.47. The van der Waals surface area contributed by atoms with Crippen LogP contribution in [0, 0.1) is 5.92 Å². The van der Waals surface area contributed by atoms with Crippen LogP contribution in [0.25, 0.3) is 0 Å². The predicted octanol–water partition coefficient (Wildman–Crippen LogP) is 1.89. The third kappa shape index (κ3) is 5.19. The highest BCUT2D eigenvalue weighted by Gasteiger charge is 2.30. The van der Waals surface area contributed by atoms with Crippen LogP contribution >= 0.6 is 0 Å². The van der Waals surface area contributed by atoms with E-state index in [-0.39, 0.29) is 18.2 Å². The topological polar surface area (TPSA) is 87.7 Å². The van der Waals surface area contributed by atoms with Gasteiger partial charge in [0.05, 0.1) is 6.10 Å². The fourth-order valence-corrected chi connectivity index (χ4v) is 3.11. The van der Waals surface area contributed by atoms with Crippen LogP contribution < -0.4 is 10.6 Å². The van der Waals surface area contributed by atoms with Gasteiger partial charge in [0.1, 0.15) is 0 Å². The summed E-state index contributed by atoms with van der Waals surface area (Å²) in [4.78, 5) is 22.7. The maximum Gasteiger partial charge on any atom is 0.332 e. The quantitative estimate of drug-likeness (QED) is 0.692. The van der Waals surface area contributed by atoms with Crippen LogP contribution in [0.1, 0.15) is 51.9 Å². The first-order valence-electron chi connectivity index (χ1n) is 7.97. The molecule has 120 valence electrons. The van der Waals surface area contributed by atoms with E-state index in [1.165, 1.54) is 6.42 Å². The Morgan fingerprint density at radius 3 is 2.67 bits per heavy atom. The molecule has 4 atom stereocenters. The number of carbonyl (C=O) groups is 2. The second kappa shape index (κ2) is 7.64. The van der Waals surface area contributed by atoms with E-state index < -0.39 is 12.1 Å². The first-order chi connectivity index (χ1) is 10.0. The minimum Gasteiger partial charge on any atom is -0.479 e. The molecule has 0 radical (unpaired) electrons. The molecule has 6 nitrogen and oxygen atoms in total. The van der Waals surface area contributed by atoms with E-state index in [4.69, 9.17) is 9.84 Å². The summed E-state index contributed by atoms with van der Waals surface area (Å²) in [5.74, 6) is -0.172. The number of amides is 2. The Kier molecular flexibility index (Phi) is 5.85. The van der Waals surface area contributed by atoms with Gasteiger partial charge in [-0.1, -0.05) is 19.8 Å². The van der Waals surface area contributed by atoms with Crippen molar-refractivity contribution in [2.75, 3.05) is 6.54 Å². The molecule has 2 fully saturated rings. The van der Waals surface area contributed by atoms with Crippen molar-refractivity contribution in [1.29, 1.82) is 0 Å². The van der Waals surface area contributed by atoms with Crippen molar-refractivity contribution in [3.05, 3.63) is 0 Å². The number of urea groups is 1.